The molecule has 7 heteroatoms. The number of halogens is 2. The Morgan fingerprint density at radius 1 is 0.587 bits per heavy atom. The van der Waals surface area contributed by atoms with Gasteiger partial charge in [-0.1, -0.05) is 148 Å². The van der Waals surface area contributed by atoms with Gasteiger partial charge in [0.25, 0.3) is 0 Å². The van der Waals surface area contributed by atoms with Gasteiger partial charge in [0.05, 0.1) is 19.3 Å². The molecule has 3 aromatic heterocycles. The molecule has 0 N–H and O–H groups in total. The average Bonchev–Trinajstić information content (AvgIpc) is 3.78. The molecule has 0 aliphatic rings. The van der Waals surface area contributed by atoms with Crippen LogP contribution in [0.3, 0.4) is 0 Å². The van der Waals surface area contributed by atoms with E-state index in [1.165, 1.54) is 173 Å². The molecule has 1 aromatic carbocycles. The highest BCUT2D eigenvalue weighted by molar-refractivity contribution is 9.11. The van der Waals surface area contributed by atoms with Crippen molar-refractivity contribution in [3.8, 4) is 20.9 Å². The van der Waals surface area contributed by atoms with Crippen molar-refractivity contribution in [2.75, 3.05) is 0 Å². The summed E-state index contributed by atoms with van der Waals surface area (Å²) in [5.74, 6) is 0.703. The number of benzene rings is 1. The van der Waals surface area contributed by atoms with Gasteiger partial charge in [0.2, 0.25) is 0 Å². The van der Waals surface area contributed by atoms with Crippen molar-refractivity contribution in [1.82, 2.24) is 8.75 Å². The maximum absolute atomic E-state index is 4.81. The smallest absolute Gasteiger partial charge is 0.114 e. The van der Waals surface area contributed by atoms with Crippen molar-refractivity contribution in [3.63, 3.8) is 0 Å². The third-order valence-corrected chi connectivity index (χ3v) is 13.9. The number of thiophene rings is 2. The molecule has 0 fully saturated rings. The second kappa shape index (κ2) is 21.5. The molecule has 1 unspecified atom stereocenters. The van der Waals surface area contributed by atoms with Crippen LogP contribution < -0.4 is 0 Å². The molecule has 4 aromatic rings. The van der Waals surface area contributed by atoms with Gasteiger partial charge >= 0.3 is 0 Å². The second-order valence-electron chi connectivity index (χ2n) is 13.4. The highest BCUT2D eigenvalue weighted by Gasteiger charge is 2.19. The summed E-state index contributed by atoms with van der Waals surface area (Å²) in [6.07, 6.45) is 28.5. The molecule has 3 heterocycles. The first-order chi connectivity index (χ1) is 22.5. The monoisotopic (exact) mass is 806 g/mol. The lowest BCUT2D eigenvalue weighted by atomic mass is 9.95. The molecule has 254 valence electrons. The molecule has 4 rings (SSSR count). The van der Waals surface area contributed by atoms with E-state index >= 15 is 0 Å². The van der Waals surface area contributed by atoms with Gasteiger partial charge in [0.1, 0.15) is 11.0 Å². The lowest BCUT2D eigenvalue weighted by molar-refractivity contribution is 0.478. The summed E-state index contributed by atoms with van der Waals surface area (Å²) in [5.41, 5.74) is 7.37. The number of unbranched alkanes of at least 4 members (excludes halogenated alkanes) is 16. The first kappa shape index (κ1) is 38.2. The zero-order valence-corrected chi connectivity index (χ0v) is 34.2. The minimum atomic E-state index is 0.703. The van der Waals surface area contributed by atoms with Gasteiger partial charge in [-0.15, -0.1) is 22.7 Å². The van der Waals surface area contributed by atoms with Crippen LogP contribution in [0.4, 0.5) is 0 Å². The minimum Gasteiger partial charge on any atom is -0.172 e. The number of aromatic nitrogens is 2. The van der Waals surface area contributed by atoms with Crippen LogP contribution in [0.2, 0.25) is 0 Å². The van der Waals surface area contributed by atoms with Gasteiger partial charge in [0.15, 0.2) is 0 Å². The van der Waals surface area contributed by atoms with Gasteiger partial charge in [0, 0.05) is 20.9 Å². The van der Waals surface area contributed by atoms with Crippen LogP contribution in [-0.2, 0) is 12.8 Å². The SMILES string of the molecule is CCCCCCCCCCCCc1cc(-c2ccc(-c3cc(CC(C)CCCCCCCCCC)c(Br)s3)c3nsnc23)sc1Br. The maximum Gasteiger partial charge on any atom is 0.114 e. The van der Waals surface area contributed by atoms with Crippen LogP contribution in [0.15, 0.2) is 31.8 Å². The van der Waals surface area contributed by atoms with Crippen molar-refractivity contribution in [3.05, 3.63) is 43.0 Å². The summed E-state index contributed by atoms with van der Waals surface area (Å²) >= 11 is 12.8. The zero-order valence-electron chi connectivity index (χ0n) is 28.6. The van der Waals surface area contributed by atoms with Crippen molar-refractivity contribution >= 4 is 77.3 Å². The third-order valence-electron chi connectivity index (χ3n) is 9.38. The Bertz CT molecular complexity index is 1420. The van der Waals surface area contributed by atoms with Crippen LogP contribution in [0, 0.1) is 5.92 Å². The van der Waals surface area contributed by atoms with Gasteiger partial charge in [-0.2, -0.15) is 8.75 Å². The molecule has 0 amide bonds. The highest BCUT2D eigenvalue weighted by atomic mass is 79.9. The molecule has 0 radical (unpaired) electrons. The predicted octanol–water partition coefficient (Wildman–Crippen LogP) is 15.8. The summed E-state index contributed by atoms with van der Waals surface area (Å²) in [7, 11) is 0. The third kappa shape index (κ3) is 12.1. The van der Waals surface area contributed by atoms with Crippen LogP contribution in [0.5, 0.6) is 0 Å². The molecule has 0 saturated carbocycles. The molecule has 0 saturated heterocycles. The summed E-state index contributed by atoms with van der Waals surface area (Å²) in [5, 5.41) is 0. The van der Waals surface area contributed by atoms with E-state index in [2.05, 4.69) is 76.9 Å². The average molecular weight is 809 g/mol. The minimum absolute atomic E-state index is 0.703. The fraction of sp³-hybridized carbons (Fsp3) is 0.641. The molecular formula is C39H56Br2N2S3. The number of fused-ring (bicyclic) bond motifs is 1. The summed E-state index contributed by atoms with van der Waals surface area (Å²) in [4.78, 5) is 2.58. The molecule has 0 spiro atoms. The van der Waals surface area contributed by atoms with Crippen LogP contribution in [0.1, 0.15) is 154 Å². The fourth-order valence-corrected chi connectivity index (χ4v) is 10.7. The Hall–Kier alpha value is -0.600. The quantitative estimate of drug-likeness (QED) is 0.0659. The number of hydrogen-bond donors (Lipinski definition) is 0. The van der Waals surface area contributed by atoms with Crippen LogP contribution in [-0.4, -0.2) is 8.75 Å². The van der Waals surface area contributed by atoms with Crippen molar-refractivity contribution in [1.29, 1.82) is 0 Å². The molecule has 1 atom stereocenters. The van der Waals surface area contributed by atoms with E-state index in [4.69, 9.17) is 8.75 Å². The fourth-order valence-electron chi connectivity index (χ4n) is 6.56. The van der Waals surface area contributed by atoms with Gasteiger partial charge < -0.3 is 0 Å². The van der Waals surface area contributed by atoms with Crippen molar-refractivity contribution < 1.29 is 0 Å². The summed E-state index contributed by atoms with van der Waals surface area (Å²) < 4.78 is 12.2. The lowest BCUT2D eigenvalue weighted by Gasteiger charge is -2.10. The van der Waals surface area contributed by atoms with E-state index in [1.54, 1.807) is 0 Å². The Morgan fingerprint density at radius 3 is 1.54 bits per heavy atom. The molecular weight excluding hydrogens is 752 g/mol. The molecule has 2 nitrogen and oxygen atoms in total. The lowest BCUT2D eigenvalue weighted by Crippen LogP contribution is -1.99. The number of aryl methyl sites for hydroxylation is 1. The largest absolute Gasteiger partial charge is 0.172 e. The number of rotatable bonds is 24. The van der Waals surface area contributed by atoms with Crippen LogP contribution in [0.25, 0.3) is 31.9 Å². The van der Waals surface area contributed by atoms with Crippen molar-refractivity contribution in [2.45, 2.75) is 156 Å². The predicted molar refractivity (Wildman–Crippen MR) is 215 cm³/mol. The normalized spacial score (nSPS) is 12.5. The zero-order chi connectivity index (χ0) is 32.6. The van der Waals surface area contributed by atoms with E-state index in [0.29, 0.717) is 5.92 Å². The van der Waals surface area contributed by atoms with E-state index in [0.717, 1.165) is 23.9 Å². The van der Waals surface area contributed by atoms with E-state index < -0.39 is 0 Å². The summed E-state index contributed by atoms with van der Waals surface area (Å²) in [6, 6.07) is 9.35. The first-order valence-corrected chi connectivity index (χ1v) is 22.3. The summed E-state index contributed by atoms with van der Waals surface area (Å²) in [6.45, 7) is 7.01. The van der Waals surface area contributed by atoms with Gasteiger partial charge in [-0.05, 0) is 80.3 Å². The molecule has 46 heavy (non-hydrogen) atoms. The van der Waals surface area contributed by atoms with E-state index in [-0.39, 0.29) is 0 Å². The van der Waals surface area contributed by atoms with Crippen molar-refractivity contribution in [2.24, 2.45) is 5.92 Å². The topological polar surface area (TPSA) is 25.8 Å². The Labute approximate surface area is 309 Å². The highest BCUT2D eigenvalue weighted by Crippen LogP contribution is 2.43. The first-order valence-electron chi connectivity index (χ1n) is 18.3. The maximum atomic E-state index is 4.81. The Morgan fingerprint density at radius 2 is 1.02 bits per heavy atom. The molecule has 0 aliphatic carbocycles. The van der Waals surface area contributed by atoms with Gasteiger partial charge in [-0.3, -0.25) is 0 Å². The standard InChI is InChI=1S/C39H56Br2N2S3/c1-4-6-8-10-12-14-15-17-19-21-23-30-27-34(44-38(30)40)32-24-25-33(37-36(32)42-46-43-37)35-28-31(39(41)45-35)26-29(3)22-20-18-16-13-11-9-7-5-2/h24-25,27-29H,4-23,26H2,1-3H3. The number of nitrogens with zero attached hydrogens (tertiary/aromatic N) is 2. The second-order valence-corrected chi connectivity index (χ2v) is 18.7. The molecule has 0 bridgehead atoms. The number of hydrogen-bond acceptors (Lipinski definition) is 5. The van der Waals surface area contributed by atoms with Gasteiger partial charge in [-0.25, -0.2) is 0 Å². The van der Waals surface area contributed by atoms with Crippen LogP contribution >= 0.6 is 66.3 Å². The Kier molecular flexibility index (Phi) is 17.8. The molecule has 0 aliphatic heterocycles. The van der Waals surface area contributed by atoms with E-state index in [1.807, 2.05) is 22.7 Å². The Balaban J connectivity index is 1.30. The van der Waals surface area contributed by atoms with E-state index in [9.17, 15) is 0 Å².